The lowest BCUT2D eigenvalue weighted by molar-refractivity contribution is -0.180. The number of ether oxygens (including phenoxy) is 1. The molecule has 1 aliphatic rings. The van der Waals surface area contributed by atoms with Crippen molar-refractivity contribution < 1.29 is 29.6 Å². The van der Waals surface area contributed by atoms with Gasteiger partial charge in [0.1, 0.15) is 6.61 Å². The molecule has 0 spiro atoms. The minimum Gasteiger partial charge on any atom is -0.479 e. The molecule has 1 aromatic carbocycles. The molecule has 0 unspecified atom stereocenters. The molecule has 114 valence electrons. The van der Waals surface area contributed by atoms with E-state index in [-0.39, 0.29) is 19.6 Å². The third-order valence-corrected chi connectivity index (χ3v) is 3.49. The van der Waals surface area contributed by atoms with Crippen molar-refractivity contribution in [1.82, 2.24) is 4.90 Å². The van der Waals surface area contributed by atoms with E-state index in [4.69, 9.17) is 9.84 Å². The number of amides is 1. The maximum Gasteiger partial charge on any atom is 0.410 e. The Morgan fingerprint density at radius 2 is 2.00 bits per heavy atom. The molecule has 1 saturated heterocycles. The monoisotopic (exact) mass is 295 g/mol. The van der Waals surface area contributed by atoms with Crippen molar-refractivity contribution in [2.24, 2.45) is 0 Å². The van der Waals surface area contributed by atoms with Crippen molar-refractivity contribution in [3.63, 3.8) is 0 Å². The standard InChI is InChI=1S/C14H17NO6/c16-11-6-7-15(9-14(11,20)12(17)18)13(19)21-8-10-4-2-1-3-5-10/h1-5,11,16,20H,6-9H2,(H,17,18)/t11-,14+/m1/s1. The SMILES string of the molecule is O=C(OCc1ccccc1)N1CC[C@@H](O)[C@](O)(C(=O)O)C1. The predicted molar refractivity (Wildman–Crippen MR) is 71.4 cm³/mol. The third kappa shape index (κ3) is 3.32. The number of carbonyl (C=O) groups is 2. The minimum atomic E-state index is -2.36. The number of aliphatic hydroxyl groups excluding tert-OH is 1. The number of likely N-dealkylation sites (tertiary alicyclic amines) is 1. The molecule has 21 heavy (non-hydrogen) atoms. The summed E-state index contributed by atoms with van der Waals surface area (Å²) in [5.41, 5.74) is -1.55. The van der Waals surface area contributed by atoms with E-state index in [2.05, 4.69) is 0 Å². The van der Waals surface area contributed by atoms with Crippen molar-refractivity contribution in [1.29, 1.82) is 0 Å². The summed E-state index contributed by atoms with van der Waals surface area (Å²) < 4.78 is 5.08. The quantitative estimate of drug-likeness (QED) is 0.735. The number of hydrogen-bond acceptors (Lipinski definition) is 5. The summed E-state index contributed by atoms with van der Waals surface area (Å²) in [6, 6.07) is 9.04. The molecule has 0 bridgehead atoms. The van der Waals surface area contributed by atoms with E-state index >= 15 is 0 Å². The van der Waals surface area contributed by atoms with Crippen LogP contribution in [-0.4, -0.2) is 57.1 Å². The van der Waals surface area contributed by atoms with Crippen LogP contribution in [0.25, 0.3) is 0 Å². The molecule has 0 aliphatic carbocycles. The van der Waals surface area contributed by atoms with Crippen LogP contribution in [0.4, 0.5) is 4.79 Å². The Hall–Kier alpha value is -2.12. The van der Waals surface area contributed by atoms with Crippen molar-refractivity contribution in [2.75, 3.05) is 13.1 Å². The average molecular weight is 295 g/mol. The van der Waals surface area contributed by atoms with Gasteiger partial charge < -0.3 is 25.0 Å². The van der Waals surface area contributed by atoms with Gasteiger partial charge in [-0.3, -0.25) is 0 Å². The number of carboxylic acids is 1. The van der Waals surface area contributed by atoms with Gasteiger partial charge in [-0.05, 0) is 12.0 Å². The van der Waals surface area contributed by atoms with Crippen LogP contribution in [0.5, 0.6) is 0 Å². The second-order valence-electron chi connectivity index (χ2n) is 5.00. The summed E-state index contributed by atoms with van der Waals surface area (Å²) in [5, 5.41) is 28.5. The van der Waals surface area contributed by atoms with Gasteiger partial charge in [-0.1, -0.05) is 30.3 Å². The lowest BCUT2D eigenvalue weighted by atomic mass is 9.90. The molecule has 1 aromatic rings. The maximum atomic E-state index is 11.9. The molecule has 1 aliphatic heterocycles. The number of β-amino-alcohol motifs (C(OH)–C–C–N with tert-alkyl or cyclic N) is 1. The second kappa shape index (κ2) is 6.11. The lowest BCUT2D eigenvalue weighted by Gasteiger charge is -2.39. The van der Waals surface area contributed by atoms with Crippen LogP contribution in [-0.2, 0) is 16.1 Å². The number of hydrogen-bond donors (Lipinski definition) is 3. The van der Waals surface area contributed by atoms with E-state index in [1.165, 1.54) is 0 Å². The molecule has 2 atom stereocenters. The van der Waals surface area contributed by atoms with Crippen LogP contribution >= 0.6 is 0 Å². The molecule has 0 radical (unpaired) electrons. The highest BCUT2D eigenvalue weighted by atomic mass is 16.6. The van der Waals surface area contributed by atoms with Gasteiger partial charge in [0.2, 0.25) is 5.60 Å². The summed E-state index contributed by atoms with van der Waals surface area (Å²) in [6.45, 7) is -0.314. The largest absolute Gasteiger partial charge is 0.479 e. The summed E-state index contributed by atoms with van der Waals surface area (Å²) in [5.74, 6) is -1.56. The van der Waals surface area contributed by atoms with Crippen LogP contribution in [0.15, 0.2) is 30.3 Å². The van der Waals surface area contributed by atoms with E-state index in [1.54, 1.807) is 12.1 Å². The molecule has 1 fully saturated rings. The average Bonchev–Trinajstić information content (AvgIpc) is 2.48. The number of carbonyl (C=O) groups excluding carboxylic acids is 1. The Morgan fingerprint density at radius 3 is 2.62 bits per heavy atom. The first-order valence-electron chi connectivity index (χ1n) is 6.53. The van der Waals surface area contributed by atoms with E-state index in [9.17, 15) is 19.8 Å². The van der Waals surface area contributed by atoms with E-state index < -0.39 is 30.3 Å². The van der Waals surface area contributed by atoms with E-state index in [0.717, 1.165) is 10.5 Å². The Balaban J connectivity index is 1.95. The number of aliphatic carboxylic acids is 1. The molecular formula is C14H17NO6. The molecule has 2 rings (SSSR count). The molecule has 0 aromatic heterocycles. The van der Waals surface area contributed by atoms with Gasteiger partial charge in [0.15, 0.2) is 0 Å². The fourth-order valence-corrected chi connectivity index (χ4v) is 2.17. The molecular weight excluding hydrogens is 278 g/mol. The van der Waals surface area contributed by atoms with E-state index in [0.29, 0.717) is 0 Å². The molecule has 7 heteroatoms. The predicted octanol–water partition coefficient (Wildman–Crippen LogP) is 0.205. The first-order valence-corrected chi connectivity index (χ1v) is 6.53. The maximum absolute atomic E-state index is 11.9. The topological polar surface area (TPSA) is 107 Å². The highest BCUT2D eigenvalue weighted by Crippen LogP contribution is 2.23. The van der Waals surface area contributed by atoms with Crippen LogP contribution < -0.4 is 0 Å². The van der Waals surface area contributed by atoms with E-state index in [1.807, 2.05) is 18.2 Å². The molecule has 0 saturated carbocycles. The first kappa shape index (κ1) is 15.3. The minimum absolute atomic E-state index is 0.0246. The van der Waals surface area contributed by atoms with Crippen molar-refractivity contribution >= 4 is 12.1 Å². The molecule has 1 amide bonds. The highest BCUT2D eigenvalue weighted by Gasteiger charge is 2.49. The highest BCUT2D eigenvalue weighted by molar-refractivity contribution is 5.80. The normalized spacial score (nSPS) is 25.4. The molecule has 7 nitrogen and oxygen atoms in total. The molecule has 3 N–H and O–H groups in total. The number of nitrogens with zero attached hydrogens (tertiary/aromatic N) is 1. The Kier molecular flexibility index (Phi) is 4.44. The second-order valence-corrected chi connectivity index (χ2v) is 5.00. The van der Waals surface area contributed by atoms with Gasteiger partial charge >= 0.3 is 12.1 Å². The summed E-state index contributed by atoms with van der Waals surface area (Å²) in [4.78, 5) is 24.0. The summed E-state index contributed by atoms with van der Waals surface area (Å²) in [7, 11) is 0. The van der Waals surface area contributed by atoms with Crippen LogP contribution in [0.3, 0.4) is 0 Å². The van der Waals surface area contributed by atoms with Gasteiger partial charge in [0.05, 0.1) is 12.6 Å². The van der Waals surface area contributed by atoms with Crippen LogP contribution in [0.1, 0.15) is 12.0 Å². The van der Waals surface area contributed by atoms with Gasteiger partial charge in [-0.25, -0.2) is 9.59 Å². The number of carboxylic acid groups (broad SMARTS) is 1. The number of piperidine rings is 1. The first-order chi connectivity index (χ1) is 9.93. The van der Waals surface area contributed by atoms with Crippen LogP contribution in [0, 0.1) is 0 Å². The van der Waals surface area contributed by atoms with Gasteiger partial charge in [-0.2, -0.15) is 0 Å². The molecule has 1 heterocycles. The van der Waals surface area contributed by atoms with Crippen molar-refractivity contribution in [2.45, 2.75) is 24.7 Å². The zero-order valence-corrected chi connectivity index (χ0v) is 11.3. The summed E-state index contributed by atoms with van der Waals surface area (Å²) in [6.07, 6.45) is -2.15. The number of aliphatic hydroxyl groups is 2. The number of rotatable bonds is 3. The zero-order valence-electron chi connectivity index (χ0n) is 11.3. The van der Waals surface area contributed by atoms with Gasteiger partial charge in [-0.15, -0.1) is 0 Å². The Bertz CT molecular complexity index is 519. The fraction of sp³-hybridized carbons (Fsp3) is 0.429. The Morgan fingerprint density at radius 1 is 1.33 bits per heavy atom. The zero-order chi connectivity index (χ0) is 15.5. The number of benzene rings is 1. The van der Waals surface area contributed by atoms with Gasteiger partial charge in [0.25, 0.3) is 0 Å². The Labute approximate surface area is 121 Å². The van der Waals surface area contributed by atoms with Crippen molar-refractivity contribution in [3.8, 4) is 0 Å². The lowest BCUT2D eigenvalue weighted by Crippen LogP contribution is -2.62. The smallest absolute Gasteiger partial charge is 0.410 e. The van der Waals surface area contributed by atoms with Crippen LogP contribution in [0.2, 0.25) is 0 Å². The van der Waals surface area contributed by atoms with Crippen molar-refractivity contribution in [3.05, 3.63) is 35.9 Å². The van der Waals surface area contributed by atoms with Gasteiger partial charge in [0, 0.05) is 6.54 Å². The fourth-order valence-electron chi connectivity index (χ4n) is 2.17. The summed E-state index contributed by atoms with van der Waals surface area (Å²) >= 11 is 0. The third-order valence-electron chi connectivity index (χ3n) is 3.49.